The molecule has 1 aromatic heterocycles. The van der Waals surface area contributed by atoms with E-state index in [2.05, 4.69) is 44.2 Å². The highest BCUT2D eigenvalue weighted by atomic mass is 32.1. The molecule has 1 aliphatic rings. The Hall–Kier alpha value is -1.38. The van der Waals surface area contributed by atoms with Crippen molar-refractivity contribution in [3.63, 3.8) is 0 Å². The number of hydrogen-bond acceptors (Lipinski definition) is 5. The van der Waals surface area contributed by atoms with E-state index in [-0.39, 0.29) is 6.09 Å². The predicted molar refractivity (Wildman–Crippen MR) is 124 cm³/mol. The summed E-state index contributed by atoms with van der Waals surface area (Å²) < 4.78 is 5.29. The molecule has 2 rings (SSSR count). The average molecular weight is 441 g/mol. The van der Waals surface area contributed by atoms with Crippen molar-refractivity contribution in [2.24, 2.45) is 0 Å². The van der Waals surface area contributed by atoms with Gasteiger partial charge in [-0.15, -0.1) is 0 Å². The summed E-state index contributed by atoms with van der Waals surface area (Å²) in [5.74, 6) is 0. The molecule has 0 aliphatic carbocycles. The third-order valence-electron chi connectivity index (χ3n) is 5.20. The fourth-order valence-corrected chi connectivity index (χ4v) is 4.48. The Morgan fingerprint density at radius 2 is 2.10 bits per heavy atom. The van der Waals surface area contributed by atoms with Gasteiger partial charge in [0.2, 0.25) is 0 Å². The van der Waals surface area contributed by atoms with Crippen LogP contribution in [0.2, 0.25) is 0 Å². The van der Waals surface area contributed by atoms with Gasteiger partial charge in [-0.05, 0) is 81.6 Å². The first-order valence-corrected chi connectivity index (χ1v) is 11.7. The summed E-state index contributed by atoms with van der Waals surface area (Å²) in [5, 5.41) is 11.2. The molecule has 1 saturated heterocycles. The molecule has 1 aliphatic heterocycles. The van der Waals surface area contributed by atoms with Gasteiger partial charge in [0.25, 0.3) is 0 Å². The van der Waals surface area contributed by atoms with Crippen LogP contribution in [0.25, 0.3) is 0 Å². The number of piperidine rings is 1. The number of carbonyl (C=O) groups excluding carboxylic acids is 1. The number of amides is 1. The van der Waals surface area contributed by atoms with Crippen molar-refractivity contribution in [2.45, 2.75) is 71.2 Å². The van der Waals surface area contributed by atoms with Crippen LogP contribution < -0.4 is 10.6 Å². The van der Waals surface area contributed by atoms with Crippen molar-refractivity contribution < 1.29 is 9.53 Å². The van der Waals surface area contributed by atoms with Gasteiger partial charge in [-0.1, -0.05) is 0 Å². The highest BCUT2D eigenvalue weighted by molar-refractivity contribution is 7.80. The summed E-state index contributed by atoms with van der Waals surface area (Å²) >= 11 is 7.31. The minimum absolute atomic E-state index is 0.340. The number of carbonyl (C=O) groups is 1. The van der Waals surface area contributed by atoms with Crippen LogP contribution in [0.5, 0.6) is 0 Å². The lowest BCUT2D eigenvalue weighted by Gasteiger charge is -2.41. The molecule has 1 fully saturated rings. The van der Waals surface area contributed by atoms with E-state index in [0.717, 1.165) is 44.0 Å². The van der Waals surface area contributed by atoms with Gasteiger partial charge in [0.05, 0.1) is 0 Å². The van der Waals surface area contributed by atoms with Gasteiger partial charge in [-0.25, -0.2) is 4.79 Å². The summed E-state index contributed by atoms with van der Waals surface area (Å²) in [4.78, 5) is 16.6. The molecule has 0 spiro atoms. The Kier molecular flexibility index (Phi) is 9.17. The second-order valence-electron chi connectivity index (χ2n) is 8.65. The molecule has 8 heteroatoms. The lowest BCUT2D eigenvalue weighted by Crippen LogP contribution is -2.51. The van der Waals surface area contributed by atoms with Gasteiger partial charge in [0.1, 0.15) is 5.60 Å². The van der Waals surface area contributed by atoms with Crippen molar-refractivity contribution in [3.05, 3.63) is 22.4 Å². The molecule has 0 unspecified atom stereocenters. The van der Waals surface area contributed by atoms with Crippen molar-refractivity contribution in [1.82, 2.24) is 20.4 Å². The average Bonchev–Trinajstić information content (AvgIpc) is 3.17. The van der Waals surface area contributed by atoms with Crippen molar-refractivity contribution >= 4 is 34.8 Å². The van der Waals surface area contributed by atoms with Crippen LogP contribution in [0.1, 0.15) is 52.5 Å². The highest BCUT2D eigenvalue weighted by Crippen LogP contribution is 2.22. The molecule has 1 amide bonds. The molecule has 164 valence electrons. The largest absolute Gasteiger partial charge is 0.444 e. The molecular weight excluding hydrogens is 404 g/mol. The summed E-state index contributed by atoms with van der Waals surface area (Å²) in [6.07, 6.45) is 2.76. The molecule has 6 nitrogen and oxygen atoms in total. The van der Waals surface area contributed by atoms with Crippen molar-refractivity contribution in [1.29, 1.82) is 0 Å². The number of thiophene rings is 1. The van der Waals surface area contributed by atoms with E-state index in [1.165, 1.54) is 5.56 Å². The van der Waals surface area contributed by atoms with E-state index in [1.807, 2.05) is 27.8 Å². The zero-order valence-electron chi connectivity index (χ0n) is 18.4. The summed E-state index contributed by atoms with van der Waals surface area (Å²) in [7, 11) is 1.90. The molecule has 2 N–H and O–H groups in total. The predicted octanol–water partition coefficient (Wildman–Crippen LogP) is 3.82. The normalized spacial score (nSPS) is 16.9. The standard InChI is InChI=1S/C21H36N4O2S2/c1-16(6-10-23-20(26)27-21(2,3)4)24-11-7-18(8-12-24)25(19(28)22-5)14-17-9-13-29-15-17/h9,13,15-16,18H,6-8,10-12,14H2,1-5H3,(H,22,28)(H,23,26)/t16-/m1/s1. The van der Waals surface area contributed by atoms with Crippen molar-refractivity contribution in [2.75, 3.05) is 26.7 Å². The van der Waals surface area contributed by atoms with Crippen LogP contribution >= 0.6 is 23.6 Å². The number of nitrogens with zero attached hydrogens (tertiary/aromatic N) is 2. The van der Waals surface area contributed by atoms with E-state index in [4.69, 9.17) is 17.0 Å². The maximum atomic E-state index is 11.8. The van der Waals surface area contributed by atoms with E-state index < -0.39 is 5.60 Å². The number of nitrogens with one attached hydrogen (secondary N) is 2. The Balaban J connectivity index is 1.77. The first-order chi connectivity index (χ1) is 13.7. The first-order valence-electron chi connectivity index (χ1n) is 10.4. The number of thiocarbonyl (C=S) groups is 1. The molecule has 0 aromatic carbocycles. The maximum absolute atomic E-state index is 11.8. The van der Waals surface area contributed by atoms with E-state index in [9.17, 15) is 4.79 Å². The van der Waals surface area contributed by atoms with E-state index in [0.29, 0.717) is 18.6 Å². The first kappa shape index (κ1) is 23.9. The molecular formula is C21H36N4O2S2. The zero-order valence-corrected chi connectivity index (χ0v) is 20.0. The quantitative estimate of drug-likeness (QED) is 0.629. The number of likely N-dealkylation sites (tertiary alicyclic amines) is 1. The Morgan fingerprint density at radius 3 is 2.66 bits per heavy atom. The molecule has 1 aromatic rings. The van der Waals surface area contributed by atoms with Gasteiger partial charge in [-0.2, -0.15) is 11.3 Å². The van der Waals surface area contributed by atoms with Crippen LogP contribution in [-0.2, 0) is 11.3 Å². The topological polar surface area (TPSA) is 56.8 Å². The van der Waals surface area contributed by atoms with Crippen LogP contribution in [0, 0.1) is 0 Å². The molecule has 1 atom stereocenters. The lowest BCUT2D eigenvalue weighted by molar-refractivity contribution is 0.0519. The van der Waals surface area contributed by atoms with E-state index >= 15 is 0 Å². The fourth-order valence-electron chi connectivity index (χ4n) is 3.61. The third-order valence-corrected chi connectivity index (χ3v) is 6.37. The summed E-state index contributed by atoms with van der Waals surface area (Å²) in [5.41, 5.74) is 0.858. The Morgan fingerprint density at radius 1 is 1.41 bits per heavy atom. The smallest absolute Gasteiger partial charge is 0.407 e. The monoisotopic (exact) mass is 440 g/mol. The molecule has 0 saturated carbocycles. The number of hydrogen-bond donors (Lipinski definition) is 2. The molecule has 2 heterocycles. The fraction of sp³-hybridized carbons (Fsp3) is 0.714. The number of rotatable bonds is 7. The van der Waals surface area contributed by atoms with Crippen LogP contribution in [0.15, 0.2) is 16.8 Å². The zero-order chi connectivity index (χ0) is 21.4. The second kappa shape index (κ2) is 11.1. The maximum Gasteiger partial charge on any atom is 0.407 e. The van der Waals surface area contributed by atoms with Gasteiger partial charge >= 0.3 is 6.09 Å². The second-order valence-corrected chi connectivity index (χ2v) is 9.81. The Bertz CT molecular complexity index is 638. The molecule has 0 bridgehead atoms. The minimum atomic E-state index is -0.458. The summed E-state index contributed by atoms with van der Waals surface area (Å²) in [6.45, 7) is 11.4. The Labute approximate surface area is 185 Å². The van der Waals surface area contributed by atoms with Gasteiger partial charge in [0, 0.05) is 45.3 Å². The van der Waals surface area contributed by atoms with Gasteiger partial charge in [-0.3, -0.25) is 0 Å². The number of ether oxygens (including phenoxy) is 1. The minimum Gasteiger partial charge on any atom is -0.444 e. The van der Waals surface area contributed by atoms with Crippen molar-refractivity contribution in [3.8, 4) is 0 Å². The molecule has 0 radical (unpaired) electrons. The van der Waals surface area contributed by atoms with Crippen LogP contribution in [-0.4, -0.2) is 65.4 Å². The van der Waals surface area contributed by atoms with Gasteiger partial charge < -0.3 is 25.2 Å². The lowest BCUT2D eigenvalue weighted by atomic mass is 10.0. The molecule has 29 heavy (non-hydrogen) atoms. The number of alkyl carbamates (subject to hydrolysis) is 1. The van der Waals surface area contributed by atoms with Crippen LogP contribution in [0.3, 0.4) is 0 Å². The van der Waals surface area contributed by atoms with E-state index in [1.54, 1.807) is 11.3 Å². The summed E-state index contributed by atoms with van der Waals surface area (Å²) in [6, 6.07) is 3.05. The van der Waals surface area contributed by atoms with Crippen LogP contribution in [0.4, 0.5) is 4.79 Å². The highest BCUT2D eigenvalue weighted by Gasteiger charge is 2.28. The SMILES string of the molecule is CNC(=S)N(Cc1ccsc1)C1CCN([C@H](C)CCNC(=O)OC(C)(C)C)CC1. The third kappa shape index (κ3) is 8.10. The van der Waals surface area contributed by atoms with Gasteiger partial charge in [0.15, 0.2) is 5.11 Å².